The molecule has 0 amide bonds. The van der Waals surface area contributed by atoms with Crippen molar-refractivity contribution in [2.75, 3.05) is 18.2 Å². The molecule has 2 aromatic heterocycles. The van der Waals surface area contributed by atoms with Gasteiger partial charge in [0.1, 0.15) is 17.3 Å². The molecule has 1 aliphatic heterocycles. The lowest BCUT2D eigenvalue weighted by atomic mass is 9.92. The first-order valence-electron chi connectivity index (χ1n) is 12.1. The molecule has 6 rings (SSSR count). The first-order valence-corrected chi connectivity index (χ1v) is 12.1. The van der Waals surface area contributed by atoms with E-state index in [1.54, 1.807) is 19.2 Å². The Morgan fingerprint density at radius 2 is 1.50 bits per heavy atom. The third kappa shape index (κ3) is 4.18. The van der Waals surface area contributed by atoms with Crippen LogP contribution in [0, 0.1) is 0 Å². The summed E-state index contributed by atoms with van der Waals surface area (Å²) >= 11 is 0. The molecule has 0 atom stereocenters. The van der Waals surface area contributed by atoms with Gasteiger partial charge in [-0.3, -0.25) is 4.79 Å². The fourth-order valence-corrected chi connectivity index (χ4v) is 4.71. The number of anilines is 2. The second kappa shape index (κ2) is 9.67. The number of hydrogen-bond acceptors (Lipinski definition) is 7. The van der Waals surface area contributed by atoms with Crippen LogP contribution in [0.4, 0.5) is 11.6 Å². The number of methoxy groups -OCH3 is 1. The van der Waals surface area contributed by atoms with E-state index in [1.807, 2.05) is 84.9 Å². The highest BCUT2D eigenvalue weighted by Crippen LogP contribution is 2.40. The molecule has 5 aromatic rings. The number of aromatic nitrogens is 4. The lowest BCUT2D eigenvalue weighted by Crippen LogP contribution is -2.26. The van der Waals surface area contributed by atoms with Gasteiger partial charge in [-0.1, -0.05) is 72.8 Å². The molecule has 1 aliphatic rings. The highest BCUT2D eigenvalue weighted by atomic mass is 16.5. The number of allylic oxidation sites excluding steroid dienone is 2. The maximum Gasteiger partial charge on any atom is 0.280 e. The molecule has 0 bridgehead atoms. The van der Waals surface area contributed by atoms with Crippen molar-refractivity contribution in [1.29, 1.82) is 0 Å². The number of benzene rings is 3. The number of carbonyl (C=O) groups is 1. The summed E-state index contributed by atoms with van der Waals surface area (Å²) in [5.41, 5.74) is 12.1. The van der Waals surface area contributed by atoms with Crippen molar-refractivity contribution in [3.63, 3.8) is 0 Å². The molecule has 0 radical (unpaired) electrons. The van der Waals surface area contributed by atoms with E-state index in [9.17, 15) is 4.79 Å². The molecule has 3 aromatic carbocycles. The van der Waals surface area contributed by atoms with Crippen molar-refractivity contribution >= 4 is 23.1 Å². The molecule has 0 unspecified atom stereocenters. The van der Waals surface area contributed by atoms with Gasteiger partial charge in [-0.05, 0) is 35.4 Å². The number of hydrogen-bond donors (Lipinski definition) is 2. The molecule has 3 N–H and O–H groups in total. The van der Waals surface area contributed by atoms with Crippen molar-refractivity contribution in [2.24, 2.45) is 0 Å². The second-order valence-electron chi connectivity index (χ2n) is 8.85. The minimum absolute atomic E-state index is 0.235. The summed E-state index contributed by atoms with van der Waals surface area (Å²) in [5, 5.41) is 16.3. The number of nitrogens with one attached hydrogen (secondary N) is 1. The number of nitrogen functional groups attached to an aromatic ring is 1. The molecule has 38 heavy (non-hydrogen) atoms. The van der Waals surface area contributed by atoms with E-state index in [2.05, 4.69) is 15.5 Å². The maximum atomic E-state index is 14.2. The molecule has 186 valence electrons. The van der Waals surface area contributed by atoms with Crippen molar-refractivity contribution < 1.29 is 9.53 Å². The van der Waals surface area contributed by atoms with E-state index in [0.29, 0.717) is 35.1 Å². The predicted octanol–water partition coefficient (Wildman–Crippen LogP) is 5.32. The van der Waals surface area contributed by atoms with Crippen molar-refractivity contribution in [2.45, 2.75) is 6.42 Å². The average molecular weight is 501 g/mol. The van der Waals surface area contributed by atoms with Crippen LogP contribution >= 0.6 is 0 Å². The molecule has 8 nitrogen and oxygen atoms in total. The Bertz CT molecular complexity index is 1640. The number of rotatable bonds is 6. The molecule has 0 saturated heterocycles. The summed E-state index contributed by atoms with van der Waals surface area (Å²) in [6.45, 7) is 0. The smallest absolute Gasteiger partial charge is 0.280 e. The van der Waals surface area contributed by atoms with Crippen LogP contribution in [0.3, 0.4) is 0 Å². The topological polar surface area (TPSA) is 108 Å². The number of carbonyl (C=O) groups excluding carboxylic acids is 1. The maximum absolute atomic E-state index is 14.2. The zero-order valence-electron chi connectivity index (χ0n) is 20.6. The van der Waals surface area contributed by atoms with Gasteiger partial charge in [0, 0.05) is 23.2 Å². The quantitative estimate of drug-likeness (QED) is 0.325. The summed E-state index contributed by atoms with van der Waals surface area (Å²) in [7, 11) is 1.61. The highest BCUT2D eigenvalue weighted by molar-refractivity contribution is 6.23. The van der Waals surface area contributed by atoms with Gasteiger partial charge in [0.05, 0.1) is 18.4 Å². The fourth-order valence-electron chi connectivity index (χ4n) is 4.71. The van der Waals surface area contributed by atoms with Crippen LogP contribution in [0.5, 0.6) is 5.75 Å². The van der Waals surface area contributed by atoms with Gasteiger partial charge in [-0.25, -0.2) is 0 Å². The van der Waals surface area contributed by atoms with Crippen LogP contribution in [0.15, 0.2) is 103 Å². The Balaban J connectivity index is 1.55. The molecule has 0 aliphatic carbocycles. The molecular formula is C30H24N6O2. The largest absolute Gasteiger partial charge is 0.497 e. The van der Waals surface area contributed by atoms with Crippen LogP contribution < -0.4 is 15.8 Å². The molecule has 0 saturated carbocycles. The predicted molar refractivity (Wildman–Crippen MR) is 147 cm³/mol. The first-order chi connectivity index (χ1) is 18.6. The average Bonchev–Trinajstić information content (AvgIpc) is 3.35. The van der Waals surface area contributed by atoms with E-state index >= 15 is 0 Å². The minimum Gasteiger partial charge on any atom is -0.497 e. The Hall–Kier alpha value is -5.24. The Labute approximate surface area is 219 Å². The van der Waals surface area contributed by atoms with Crippen molar-refractivity contribution in [3.05, 3.63) is 114 Å². The normalized spacial score (nSPS) is 12.8. The summed E-state index contributed by atoms with van der Waals surface area (Å²) in [4.78, 5) is 14.2. The second-order valence-corrected chi connectivity index (χ2v) is 8.85. The molecule has 8 heteroatoms. The van der Waals surface area contributed by atoms with E-state index in [0.717, 1.165) is 33.6 Å². The van der Waals surface area contributed by atoms with E-state index in [1.165, 1.54) is 4.68 Å². The third-order valence-electron chi connectivity index (χ3n) is 6.49. The standard InChI is InChI=1S/C30H24N6O2/c1-38-22-14-12-20(13-15-22)27-23(32-26-17-16-25(31)33-34-26)18-24-28(19-8-4-2-5-9-19)29(35-36(24)30(27)37)21-10-6-3-7-11-21/h2-17H,18H2,1H3,(H2,31,33)(H,32,34). The lowest BCUT2D eigenvalue weighted by molar-refractivity contribution is 0.0958. The summed E-state index contributed by atoms with van der Waals surface area (Å²) in [6, 6.07) is 30.7. The summed E-state index contributed by atoms with van der Waals surface area (Å²) in [5.74, 6) is 1.28. The SMILES string of the molecule is COc1ccc(C2=C(Nc3ccc(N)nn3)Cc3c(-c4ccccc4)c(-c4ccccc4)nn3C2=O)cc1. The summed E-state index contributed by atoms with van der Waals surface area (Å²) in [6.07, 6.45) is 0.420. The Kier molecular flexibility index (Phi) is 5.89. The fraction of sp³-hybridized carbons (Fsp3) is 0.0667. The number of fused-ring (bicyclic) bond motifs is 1. The van der Waals surface area contributed by atoms with Gasteiger partial charge >= 0.3 is 0 Å². The van der Waals surface area contributed by atoms with Crippen LogP contribution in [-0.2, 0) is 6.42 Å². The molecular weight excluding hydrogens is 476 g/mol. The molecule has 3 heterocycles. The van der Waals surface area contributed by atoms with Crippen LogP contribution in [-0.4, -0.2) is 33.0 Å². The van der Waals surface area contributed by atoms with Crippen molar-refractivity contribution in [1.82, 2.24) is 20.0 Å². The molecule has 0 spiro atoms. The van der Waals surface area contributed by atoms with Gasteiger partial charge in [-0.15, -0.1) is 10.2 Å². The number of nitrogens with zero attached hydrogens (tertiary/aromatic N) is 4. The van der Waals surface area contributed by atoms with Gasteiger partial charge in [-0.2, -0.15) is 9.78 Å². The van der Waals surface area contributed by atoms with E-state index < -0.39 is 0 Å². The Morgan fingerprint density at radius 1 is 0.816 bits per heavy atom. The highest BCUT2D eigenvalue weighted by Gasteiger charge is 2.33. The van der Waals surface area contributed by atoms with Gasteiger partial charge < -0.3 is 15.8 Å². The minimum atomic E-state index is -0.235. The van der Waals surface area contributed by atoms with Crippen LogP contribution in [0.2, 0.25) is 0 Å². The summed E-state index contributed by atoms with van der Waals surface area (Å²) < 4.78 is 6.86. The van der Waals surface area contributed by atoms with Gasteiger partial charge in [0.25, 0.3) is 5.91 Å². The zero-order valence-corrected chi connectivity index (χ0v) is 20.6. The van der Waals surface area contributed by atoms with Gasteiger partial charge in [0.15, 0.2) is 5.82 Å². The zero-order chi connectivity index (χ0) is 26.1. The van der Waals surface area contributed by atoms with Crippen LogP contribution in [0.25, 0.3) is 28.0 Å². The number of ether oxygens (including phenoxy) is 1. The van der Waals surface area contributed by atoms with E-state index in [-0.39, 0.29) is 5.91 Å². The van der Waals surface area contributed by atoms with E-state index in [4.69, 9.17) is 15.6 Å². The van der Waals surface area contributed by atoms with Gasteiger partial charge in [0.2, 0.25) is 0 Å². The Morgan fingerprint density at radius 3 is 2.13 bits per heavy atom. The van der Waals surface area contributed by atoms with Crippen LogP contribution in [0.1, 0.15) is 16.1 Å². The van der Waals surface area contributed by atoms with Crippen molar-refractivity contribution in [3.8, 4) is 28.1 Å². The third-order valence-corrected chi connectivity index (χ3v) is 6.49. The monoisotopic (exact) mass is 500 g/mol. The number of nitrogens with two attached hydrogens (primary N) is 1. The lowest BCUT2D eigenvalue weighted by Gasteiger charge is -2.23. The first kappa shape index (κ1) is 23.2. The molecule has 0 fully saturated rings.